The molecule has 132 valence electrons. The summed E-state index contributed by atoms with van der Waals surface area (Å²) in [6.07, 6.45) is 4.21. The lowest BCUT2D eigenvalue weighted by atomic mass is 10.1. The van der Waals surface area contributed by atoms with E-state index in [1.54, 1.807) is 9.80 Å². The fourth-order valence-corrected chi connectivity index (χ4v) is 4.30. The standard InChI is InChI=1S/C19H23N3O3/c20-18(24)14-6-7-21(10-14)19(25)15-9-17(23)22(11-15)16-5-4-12-2-1-3-13(12)8-16/h4-5,8,14-15H,1-3,6-7,9-11H2,(H2,20,24)/t14-,15-/m1/s1. The number of rotatable bonds is 3. The van der Waals surface area contributed by atoms with Gasteiger partial charge in [-0.2, -0.15) is 0 Å². The maximum absolute atomic E-state index is 12.7. The van der Waals surface area contributed by atoms with E-state index in [1.165, 1.54) is 17.5 Å². The first-order chi connectivity index (χ1) is 12.0. The third-order valence-electron chi connectivity index (χ3n) is 5.77. The van der Waals surface area contributed by atoms with Gasteiger partial charge in [-0.25, -0.2) is 0 Å². The summed E-state index contributed by atoms with van der Waals surface area (Å²) in [5.74, 6) is -0.957. The van der Waals surface area contributed by atoms with Crippen LogP contribution in [0.25, 0.3) is 0 Å². The molecule has 0 bridgehead atoms. The minimum atomic E-state index is -0.349. The predicted molar refractivity (Wildman–Crippen MR) is 92.8 cm³/mol. The second kappa shape index (κ2) is 6.17. The summed E-state index contributed by atoms with van der Waals surface area (Å²) in [5.41, 5.74) is 8.94. The summed E-state index contributed by atoms with van der Waals surface area (Å²) >= 11 is 0. The van der Waals surface area contributed by atoms with Crippen LogP contribution in [-0.4, -0.2) is 42.3 Å². The number of anilines is 1. The minimum Gasteiger partial charge on any atom is -0.369 e. The largest absolute Gasteiger partial charge is 0.369 e. The van der Waals surface area contributed by atoms with Crippen LogP contribution in [0.2, 0.25) is 0 Å². The second-order valence-corrected chi connectivity index (χ2v) is 7.38. The van der Waals surface area contributed by atoms with Gasteiger partial charge in [-0.15, -0.1) is 0 Å². The van der Waals surface area contributed by atoms with Crippen molar-refractivity contribution >= 4 is 23.4 Å². The molecule has 2 heterocycles. The Bertz CT molecular complexity index is 745. The van der Waals surface area contributed by atoms with Gasteiger partial charge < -0.3 is 15.5 Å². The van der Waals surface area contributed by atoms with Crippen molar-refractivity contribution in [1.29, 1.82) is 0 Å². The molecule has 0 radical (unpaired) electrons. The second-order valence-electron chi connectivity index (χ2n) is 7.38. The van der Waals surface area contributed by atoms with Gasteiger partial charge in [-0.05, 0) is 48.9 Å². The quantitative estimate of drug-likeness (QED) is 0.885. The van der Waals surface area contributed by atoms with Gasteiger partial charge in [0.1, 0.15) is 0 Å². The molecule has 1 aliphatic carbocycles. The first-order valence-electron chi connectivity index (χ1n) is 9.03. The number of fused-ring (bicyclic) bond motifs is 1. The van der Waals surface area contributed by atoms with Crippen LogP contribution < -0.4 is 10.6 Å². The Balaban J connectivity index is 1.45. The van der Waals surface area contributed by atoms with E-state index in [-0.39, 0.29) is 36.0 Å². The molecule has 1 aromatic rings. The van der Waals surface area contributed by atoms with Crippen molar-refractivity contribution in [1.82, 2.24) is 4.90 Å². The summed E-state index contributed by atoms with van der Waals surface area (Å²) in [5, 5.41) is 0. The lowest BCUT2D eigenvalue weighted by molar-refractivity contribution is -0.135. The molecule has 0 spiro atoms. The smallest absolute Gasteiger partial charge is 0.228 e. The first-order valence-corrected chi connectivity index (χ1v) is 9.03. The Kier molecular flexibility index (Phi) is 3.98. The van der Waals surface area contributed by atoms with Crippen molar-refractivity contribution in [2.24, 2.45) is 17.6 Å². The lowest BCUT2D eigenvalue weighted by Gasteiger charge is -2.21. The maximum atomic E-state index is 12.7. The van der Waals surface area contributed by atoms with Crippen LogP contribution in [-0.2, 0) is 27.2 Å². The van der Waals surface area contributed by atoms with E-state index in [0.717, 1.165) is 18.5 Å². The highest BCUT2D eigenvalue weighted by atomic mass is 16.2. The maximum Gasteiger partial charge on any atom is 0.228 e. The van der Waals surface area contributed by atoms with Gasteiger partial charge in [0.15, 0.2) is 0 Å². The van der Waals surface area contributed by atoms with Crippen molar-refractivity contribution in [3.05, 3.63) is 29.3 Å². The van der Waals surface area contributed by atoms with Gasteiger partial charge in [0.2, 0.25) is 17.7 Å². The number of nitrogens with zero attached hydrogens (tertiary/aromatic N) is 2. The van der Waals surface area contributed by atoms with Gasteiger partial charge in [-0.1, -0.05) is 6.07 Å². The SMILES string of the molecule is NC(=O)[C@@H]1CCN(C(=O)[C@@H]2CC(=O)N(c3ccc4c(c3)CCC4)C2)C1. The van der Waals surface area contributed by atoms with Gasteiger partial charge in [-0.3, -0.25) is 14.4 Å². The van der Waals surface area contributed by atoms with E-state index in [4.69, 9.17) is 5.73 Å². The van der Waals surface area contributed by atoms with Gasteiger partial charge in [0.25, 0.3) is 0 Å². The number of aryl methyl sites for hydroxylation is 2. The van der Waals surface area contributed by atoms with Crippen molar-refractivity contribution in [2.45, 2.75) is 32.1 Å². The first kappa shape index (κ1) is 16.1. The molecule has 4 rings (SSSR count). The molecule has 25 heavy (non-hydrogen) atoms. The molecule has 2 N–H and O–H groups in total. The number of amides is 3. The molecule has 1 aromatic carbocycles. The third kappa shape index (κ3) is 2.90. The highest BCUT2D eigenvalue weighted by molar-refractivity contribution is 6.00. The summed E-state index contributed by atoms with van der Waals surface area (Å²) in [4.78, 5) is 39.9. The molecule has 3 aliphatic rings. The average molecular weight is 341 g/mol. The zero-order valence-electron chi connectivity index (χ0n) is 14.2. The summed E-state index contributed by atoms with van der Waals surface area (Å²) in [6.45, 7) is 1.36. The highest BCUT2D eigenvalue weighted by Gasteiger charge is 2.40. The van der Waals surface area contributed by atoms with Crippen LogP contribution >= 0.6 is 0 Å². The Morgan fingerprint density at radius 1 is 1.08 bits per heavy atom. The number of nitrogens with two attached hydrogens (primary N) is 1. The topological polar surface area (TPSA) is 83.7 Å². The number of primary amides is 1. The zero-order chi connectivity index (χ0) is 17.6. The molecule has 2 saturated heterocycles. The van der Waals surface area contributed by atoms with Crippen LogP contribution in [0.3, 0.4) is 0 Å². The third-order valence-corrected chi connectivity index (χ3v) is 5.77. The number of hydrogen-bond acceptors (Lipinski definition) is 3. The fourth-order valence-electron chi connectivity index (χ4n) is 4.30. The Morgan fingerprint density at radius 3 is 2.64 bits per heavy atom. The summed E-state index contributed by atoms with van der Waals surface area (Å²) in [6, 6.07) is 6.21. The molecule has 0 unspecified atom stereocenters. The molecule has 2 atom stereocenters. The molecule has 6 nitrogen and oxygen atoms in total. The minimum absolute atomic E-state index is 0.00180. The lowest BCUT2D eigenvalue weighted by Crippen LogP contribution is -2.37. The Hall–Kier alpha value is -2.37. The van der Waals surface area contributed by atoms with Crippen LogP contribution in [0.1, 0.15) is 30.4 Å². The summed E-state index contributed by atoms with van der Waals surface area (Å²) < 4.78 is 0. The monoisotopic (exact) mass is 341 g/mol. The number of carbonyl (C=O) groups is 3. The molecular formula is C19H23N3O3. The molecule has 0 aromatic heterocycles. The molecule has 2 fully saturated rings. The molecule has 6 heteroatoms. The normalized spacial score (nSPS) is 25.5. The molecular weight excluding hydrogens is 318 g/mol. The number of carbonyl (C=O) groups excluding carboxylic acids is 3. The molecule has 0 saturated carbocycles. The van der Waals surface area contributed by atoms with Crippen molar-refractivity contribution in [3.8, 4) is 0 Å². The number of benzene rings is 1. The Labute approximate surface area is 147 Å². The van der Waals surface area contributed by atoms with Crippen LogP contribution in [0.4, 0.5) is 5.69 Å². The number of hydrogen-bond donors (Lipinski definition) is 1. The van der Waals surface area contributed by atoms with Crippen molar-refractivity contribution in [2.75, 3.05) is 24.5 Å². The van der Waals surface area contributed by atoms with Crippen LogP contribution in [0.15, 0.2) is 18.2 Å². The van der Waals surface area contributed by atoms with E-state index >= 15 is 0 Å². The van der Waals surface area contributed by atoms with E-state index in [0.29, 0.717) is 26.1 Å². The summed E-state index contributed by atoms with van der Waals surface area (Å²) in [7, 11) is 0. The zero-order valence-corrected chi connectivity index (χ0v) is 14.2. The van der Waals surface area contributed by atoms with Crippen LogP contribution in [0.5, 0.6) is 0 Å². The highest BCUT2D eigenvalue weighted by Crippen LogP contribution is 2.31. The van der Waals surface area contributed by atoms with Crippen molar-refractivity contribution < 1.29 is 14.4 Å². The molecule has 2 aliphatic heterocycles. The van der Waals surface area contributed by atoms with E-state index in [2.05, 4.69) is 12.1 Å². The number of likely N-dealkylation sites (tertiary alicyclic amines) is 1. The predicted octanol–water partition coefficient (Wildman–Crippen LogP) is 0.862. The van der Waals surface area contributed by atoms with Gasteiger partial charge >= 0.3 is 0 Å². The van der Waals surface area contributed by atoms with Crippen molar-refractivity contribution in [3.63, 3.8) is 0 Å². The van der Waals surface area contributed by atoms with Gasteiger partial charge in [0.05, 0.1) is 11.8 Å². The van der Waals surface area contributed by atoms with E-state index < -0.39 is 0 Å². The fraction of sp³-hybridized carbons (Fsp3) is 0.526. The molecule has 3 amide bonds. The Morgan fingerprint density at radius 2 is 1.88 bits per heavy atom. The van der Waals surface area contributed by atoms with Crippen LogP contribution in [0, 0.1) is 11.8 Å². The van der Waals surface area contributed by atoms with E-state index in [9.17, 15) is 14.4 Å². The van der Waals surface area contributed by atoms with Gasteiger partial charge in [0, 0.05) is 31.7 Å². The average Bonchev–Trinajstić information content (AvgIpc) is 3.32. The van der Waals surface area contributed by atoms with E-state index in [1.807, 2.05) is 6.07 Å².